The molecule has 0 saturated carbocycles. The normalized spacial score (nSPS) is 9.51. The van der Waals surface area contributed by atoms with Crippen molar-refractivity contribution in [1.82, 2.24) is 9.78 Å². The fourth-order valence-corrected chi connectivity index (χ4v) is 3.64. The fourth-order valence-electron chi connectivity index (χ4n) is 3.64. The molecular formula is C32H53N4O+. The van der Waals surface area contributed by atoms with Crippen LogP contribution in [0, 0.1) is 30.1 Å². The van der Waals surface area contributed by atoms with E-state index in [2.05, 4.69) is 66.6 Å². The molecule has 0 unspecified atom stereocenters. The van der Waals surface area contributed by atoms with Crippen molar-refractivity contribution in [3.8, 4) is 6.07 Å². The van der Waals surface area contributed by atoms with Gasteiger partial charge >= 0.3 is 0 Å². The van der Waals surface area contributed by atoms with Crippen LogP contribution in [0.1, 0.15) is 115 Å². The van der Waals surface area contributed by atoms with Crippen LogP contribution in [0.2, 0.25) is 0 Å². The van der Waals surface area contributed by atoms with E-state index < -0.39 is 0 Å². The minimum absolute atomic E-state index is 0. The van der Waals surface area contributed by atoms with E-state index in [9.17, 15) is 4.91 Å². The van der Waals surface area contributed by atoms with E-state index in [-0.39, 0.29) is 22.3 Å². The summed E-state index contributed by atoms with van der Waals surface area (Å²) < 4.78 is 2.81. The molecule has 5 nitrogen and oxygen atoms in total. The minimum Gasteiger partial charge on any atom is -0.272 e. The van der Waals surface area contributed by atoms with Gasteiger partial charge in [0, 0.05) is 34.5 Å². The highest BCUT2D eigenvalue weighted by molar-refractivity contribution is 5.34. The average Bonchev–Trinajstić information content (AvgIpc) is 3.05. The van der Waals surface area contributed by atoms with Crippen molar-refractivity contribution in [2.45, 2.75) is 95.4 Å². The molecule has 0 aliphatic rings. The summed E-state index contributed by atoms with van der Waals surface area (Å²) in [5.41, 5.74) is 7.84. The Morgan fingerprint density at radius 2 is 1.19 bits per heavy atom. The quantitative estimate of drug-likeness (QED) is 0.329. The first-order valence-corrected chi connectivity index (χ1v) is 11.9. The molecule has 0 N–H and O–H groups in total. The highest BCUT2D eigenvalue weighted by Gasteiger charge is 2.11. The van der Waals surface area contributed by atoms with Gasteiger partial charge in [-0.25, -0.2) is 0 Å². The number of nitriles is 1. The molecule has 0 atom stereocenters. The lowest BCUT2D eigenvalue weighted by Crippen LogP contribution is -1.94. The molecule has 0 aliphatic heterocycles. The molecular weight excluding hydrogens is 456 g/mol. The zero-order valence-corrected chi connectivity index (χ0v) is 22.5. The molecule has 0 saturated heterocycles. The summed E-state index contributed by atoms with van der Waals surface area (Å²) >= 11 is 0. The Morgan fingerprint density at radius 1 is 0.784 bits per heavy atom. The van der Waals surface area contributed by atoms with E-state index in [0.717, 1.165) is 10.3 Å². The van der Waals surface area contributed by atoms with Gasteiger partial charge in [-0.15, -0.1) is 0 Å². The van der Waals surface area contributed by atoms with Crippen LogP contribution in [0.3, 0.4) is 0 Å². The first-order chi connectivity index (χ1) is 15.9. The molecule has 37 heavy (non-hydrogen) atoms. The lowest BCUT2D eigenvalue weighted by Gasteiger charge is -2.04. The van der Waals surface area contributed by atoms with Crippen molar-refractivity contribution < 1.29 is 4.76 Å². The second-order valence-corrected chi connectivity index (χ2v) is 9.50. The van der Waals surface area contributed by atoms with E-state index in [4.69, 9.17) is 5.26 Å². The average molecular weight is 510 g/mol. The third-order valence-corrected chi connectivity index (χ3v) is 5.77. The number of nitroso groups, excluding NO2 is 1. The summed E-state index contributed by atoms with van der Waals surface area (Å²) in [5, 5.41) is 12.9. The zero-order valence-electron chi connectivity index (χ0n) is 22.5. The maximum Gasteiger partial charge on any atom is 0.255 e. The molecule has 0 radical (unpaired) electrons. The number of aromatic nitrogens is 2. The van der Waals surface area contributed by atoms with Crippen molar-refractivity contribution in [3.63, 3.8) is 0 Å². The number of nitrogens with zero attached hydrogens (tertiary/aromatic N) is 4. The lowest BCUT2D eigenvalue weighted by atomic mass is 10.0. The van der Waals surface area contributed by atoms with Gasteiger partial charge in [-0.05, 0) is 60.4 Å². The van der Waals surface area contributed by atoms with Gasteiger partial charge in [-0.1, -0.05) is 88.1 Å². The van der Waals surface area contributed by atoms with Crippen molar-refractivity contribution >= 4 is 5.69 Å². The number of rotatable bonds is 4. The Hall–Kier alpha value is -3.26. The van der Waals surface area contributed by atoms with Crippen LogP contribution < -0.4 is 0 Å². The SMILES string of the molecule is C.C.C.CC(C)c1ccc(C#N)cc1.CC(C)c1ccc([N+](C)=O)cc1.Cc1nn(C)c(C)c1C(C)C. The first kappa shape index (κ1) is 38.3. The maximum atomic E-state index is 10.8. The smallest absolute Gasteiger partial charge is 0.255 e. The van der Waals surface area contributed by atoms with Crippen LogP contribution in [-0.4, -0.2) is 21.6 Å². The standard InChI is InChI=1S/C10H14NO.C10H11N.C9H16N2.3CH4/c1-8(2)9-4-6-10(7-5-9)11(3)12;1-8(2)10-5-3-9(7-11)4-6-10;1-6(2)9-7(3)10-11(5)8(9)4;;;/h4-8H,1-3H3;3-6,8H,1-2H3;6H,1-5H3;3*1H4/q+1;;;;;. The molecule has 0 aliphatic carbocycles. The van der Waals surface area contributed by atoms with Gasteiger partial charge in [0.25, 0.3) is 5.69 Å². The molecule has 206 valence electrons. The van der Waals surface area contributed by atoms with Crippen molar-refractivity contribution in [3.05, 3.63) is 87.1 Å². The van der Waals surface area contributed by atoms with Gasteiger partial charge in [0.2, 0.25) is 0 Å². The number of aryl methyl sites for hydroxylation is 2. The Bertz CT molecular complexity index is 1080. The van der Waals surface area contributed by atoms with E-state index in [1.54, 1.807) is 0 Å². The lowest BCUT2D eigenvalue weighted by molar-refractivity contribution is -0.428. The van der Waals surface area contributed by atoms with Gasteiger partial charge in [0.15, 0.2) is 7.05 Å². The Labute approximate surface area is 228 Å². The Morgan fingerprint density at radius 3 is 1.43 bits per heavy atom. The topological polar surface area (TPSA) is 61.7 Å². The Balaban J connectivity index is -0.000000451. The molecule has 3 aromatic rings. The molecule has 5 heteroatoms. The Kier molecular flexibility index (Phi) is 18.7. The number of benzene rings is 2. The highest BCUT2D eigenvalue weighted by atomic mass is 16.3. The van der Waals surface area contributed by atoms with Gasteiger partial charge in [0.05, 0.1) is 17.3 Å². The van der Waals surface area contributed by atoms with Crippen molar-refractivity contribution in [2.24, 2.45) is 7.05 Å². The first-order valence-electron chi connectivity index (χ1n) is 11.9. The molecule has 1 aromatic heterocycles. The predicted octanol–water partition coefficient (Wildman–Crippen LogP) is 9.60. The van der Waals surface area contributed by atoms with Crippen LogP contribution in [0.4, 0.5) is 5.69 Å². The van der Waals surface area contributed by atoms with E-state index in [1.165, 1.54) is 35.1 Å². The third-order valence-electron chi connectivity index (χ3n) is 5.77. The second kappa shape index (κ2) is 18.1. The molecule has 0 bridgehead atoms. The highest BCUT2D eigenvalue weighted by Crippen LogP contribution is 2.21. The van der Waals surface area contributed by atoms with Crippen LogP contribution in [0.5, 0.6) is 0 Å². The summed E-state index contributed by atoms with van der Waals surface area (Å²) in [5.74, 6) is 1.66. The summed E-state index contributed by atoms with van der Waals surface area (Å²) in [6.45, 7) is 17.2. The zero-order chi connectivity index (χ0) is 26.0. The summed E-state index contributed by atoms with van der Waals surface area (Å²) in [7, 11) is 3.50. The molecule has 0 fully saturated rings. The monoisotopic (exact) mass is 509 g/mol. The van der Waals surface area contributed by atoms with Gasteiger partial charge in [-0.2, -0.15) is 10.4 Å². The van der Waals surface area contributed by atoms with E-state index in [0.29, 0.717) is 23.4 Å². The second-order valence-electron chi connectivity index (χ2n) is 9.50. The number of hydrogen-bond donors (Lipinski definition) is 0. The van der Waals surface area contributed by atoms with Gasteiger partial charge in [-0.3, -0.25) is 4.68 Å². The molecule has 2 aromatic carbocycles. The van der Waals surface area contributed by atoms with Gasteiger partial charge < -0.3 is 0 Å². The molecule has 0 spiro atoms. The molecule has 3 rings (SSSR count). The van der Waals surface area contributed by atoms with Crippen molar-refractivity contribution in [1.29, 1.82) is 5.26 Å². The fraction of sp³-hybridized carbons (Fsp3) is 0.500. The van der Waals surface area contributed by atoms with Crippen molar-refractivity contribution in [2.75, 3.05) is 7.05 Å². The van der Waals surface area contributed by atoms with Crippen LogP contribution in [0.25, 0.3) is 0 Å². The van der Waals surface area contributed by atoms with Crippen LogP contribution in [-0.2, 0) is 7.05 Å². The number of hydrogen-bond acceptors (Lipinski definition) is 3. The third kappa shape index (κ3) is 12.0. The van der Waals surface area contributed by atoms with E-state index >= 15 is 0 Å². The predicted molar refractivity (Wildman–Crippen MR) is 162 cm³/mol. The molecule has 0 amide bonds. The molecule has 1 heterocycles. The summed E-state index contributed by atoms with van der Waals surface area (Å²) in [4.78, 5) is 10.8. The van der Waals surface area contributed by atoms with Crippen LogP contribution in [0.15, 0.2) is 48.5 Å². The maximum absolute atomic E-state index is 10.8. The minimum atomic E-state index is 0. The summed E-state index contributed by atoms with van der Waals surface area (Å²) in [6.07, 6.45) is 0. The summed E-state index contributed by atoms with van der Waals surface area (Å²) in [6, 6.07) is 17.5. The van der Waals surface area contributed by atoms with Gasteiger partial charge in [0.1, 0.15) is 0 Å². The largest absolute Gasteiger partial charge is 0.272 e. The van der Waals surface area contributed by atoms with Crippen LogP contribution >= 0.6 is 0 Å². The van der Waals surface area contributed by atoms with E-state index in [1.807, 2.05) is 60.3 Å².